The average molecular weight is 401 g/mol. The van der Waals surface area contributed by atoms with Crippen LogP contribution in [-0.4, -0.2) is 51.4 Å². The summed E-state index contributed by atoms with van der Waals surface area (Å²) in [7, 11) is -3.63. The van der Waals surface area contributed by atoms with E-state index in [0.29, 0.717) is 18.7 Å². The van der Waals surface area contributed by atoms with Gasteiger partial charge in [0.2, 0.25) is 15.9 Å². The van der Waals surface area contributed by atoms with Gasteiger partial charge in [-0.1, -0.05) is 42.5 Å². The highest BCUT2D eigenvalue weighted by atomic mass is 32.2. The zero-order valence-corrected chi connectivity index (χ0v) is 16.8. The third-order valence-electron chi connectivity index (χ3n) is 5.06. The van der Waals surface area contributed by atoms with Crippen LogP contribution in [0.1, 0.15) is 21.5 Å². The smallest absolute Gasteiger partial charge is 0.249 e. The van der Waals surface area contributed by atoms with E-state index < -0.39 is 15.9 Å². The Kier molecular flexibility index (Phi) is 6.28. The first kappa shape index (κ1) is 20.3. The van der Waals surface area contributed by atoms with Gasteiger partial charge in [-0.15, -0.1) is 0 Å². The Morgan fingerprint density at radius 3 is 2.46 bits per heavy atom. The lowest BCUT2D eigenvalue weighted by Crippen LogP contribution is -3.14. The van der Waals surface area contributed by atoms with Crippen molar-refractivity contribution in [3.05, 3.63) is 71.3 Å². The fourth-order valence-electron chi connectivity index (χ4n) is 3.35. The number of hydrogen-bond acceptors (Lipinski definition) is 3. The standard InChI is InChI=1S/C21H25N3O3S/c1-17-9-10-19(16-20(17)21(22)25)28(26,27)24-14-12-23(13-15-24)11-5-8-18-6-3-2-4-7-18/h2-10,16H,11-15H2,1H3,(H2,22,25)/p+1/b8-5+. The van der Waals surface area contributed by atoms with Crippen molar-refractivity contribution >= 4 is 22.0 Å². The van der Waals surface area contributed by atoms with Crippen LogP contribution in [-0.2, 0) is 10.0 Å². The molecule has 1 heterocycles. The molecule has 1 saturated heterocycles. The molecule has 2 aromatic rings. The maximum absolute atomic E-state index is 12.9. The van der Waals surface area contributed by atoms with Crippen molar-refractivity contribution in [3.8, 4) is 0 Å². The number of piperazine rings is 1. The van der Waals surface area contributed by atoms with Crippen molar-refractivity contribution in [1.82, 2.24) is 4.31 Å². The maximum Gasteiger partial charge on any atom is 0.249 e. The number of carbonyl (C=O) groups excluding carboxylic acids is 1. The van der Waals surface area contributed by atoms with E-state index in [1.54, 1.807) is 19.1 Å². The number of rotatable bonds is 6. The Hall–Kier alpha value is -2.48. The molecular weight excluding hydrogens is 374 g/mol. The van der Waals surface area contributed by atoms with E-state index in [1.165, 1.54) is 15.3 Å². The average Bonchev–Trinajstić information content (AvgIpc) is 2.69. The Balaban J connectivity index is 1.61. The fraction of sp³-hybridized carbons (Fsp3) is 0.286. The molecule has 7 heteroatoms. The molecular formula is C21H26N3O3S+. The van der Waals surface area contributed by atoms with Crippen molar-refractivity contribution in [1.29, 1.82) is 0 Å². The highest BCUT2D eigenvalue weighted by Gasteiger charge is 2.30. The van der Waals surface area contributed by atoms with Crippen molar-refractivity contribution in [2.75, 3.05) is 32.7 Å². The summed E-state index contributed by atoms with van der Waals surface area (Å²) in [6, 6.07) is 14.7. The number of carbonyl (C=O) groups is 1. The van der Waals surface area contributed by atoms with Gasteiger partial charge in [-0.25, -0.2) is 8.42 Å². The van der Waals surface area contributed by atoms with Gasteiger partial charge in [-0.05, 0) is 36.3 Å². The molecule has 3 N–H and O–H groups in total. The van der Waals surface area contributed by atoms with E-state index in [-0.39, 0.29) is 10.5 Å². The summed E-state index contributed by atoms with van der Waals surface area (Å²) in [5.74, 6) is -0.617. The first-order valence-corrected chi connectivity index (χ1v) is 10.8. The molecule has 6 nitrogen and oxygen atoms in total. The number of benzene rings is 2. The monoisotopic (exact) mass is 400 g/mol. The van der Waals surface area contributed by atoms with Gasteiger partial charge in [-0.3, -0.25) is 4.79 Å². The normalized spacial score (nSPS) is 16.5. The molecule has 0 radical (unpaired) electrons. The lowest BCUT2D eigenvalue weighted by Gasteiger charge is -2.31. The second-order valence-electron chi connectivity index (χ2n) is 7.01. The molecule has 0 atom stereocenters. The van der Waals surface area contributed by atoms with Crippen molar-refractivity contribution in [3.63, 3.8) is 0 Å². The van der Waals surface area contributed by atoms with Crippen LogP contribution in [0.2, 0.25) is 0 Å². The second-order valence-corrected chi connectivity index (χ2v) is 8.95. The first-order chi connectivity index (χ1) is 13.4. The van der Waals surface area contributed by atoms with Crippen molar-refractivity contribution < 1.29 is 18.1 Å². The summed E-state index contributed by atoms with van der Waals surface area (Å²) in [6.45, 7) is 4.99. The summed E-state index contributed by atoms with van der Waals surface area (Å²) in [6.07, 6.45) is 4.22. The van der Waals surface area contributed by atoms with Gasteiger partial charge in [0.15, 0.2) is 0 Å². The number of quaternary nitrogens is 1. The Bertz CT molecular complexity index is 964. The molecule has 0 aromatic heterocycles. The largest absolute Gasteiger partial charge is 0.366 e. The number of primary amides is 1. The topological polar surface area (TPSA) is 84.9 Å². The van der Waals surface area contributed by atoms with E-state index in [2.05, 4.69) is 24.3 Å². The number of aryl methyl sites for hydroxylation is 1. The third-order valence-corrected chi connectivity index (χ3v) is 6.95. The molecule has 2 aromatic carbocycles. The van der Waals surface area contributed by atoms with E-state index in [1.807, 2.05) is 18.2 Å². The number of nitrogens with one attached hydrogen (secondary N) is 1. The quantitative estimate of drug-likeness (QED) is 0.749. The molecule has 0 aliphatic carbocycles. The van der Waals surface area contributed by atoms with Crippen LogP contribution in [0.25, 0.3) is 6.08 Å². The fourth-order valence-corrected chi connectivity index (χ4v) is 4.82. The predicted octanol–water partition coefficient (Wildman–Crippen LogP) is 0.697. The summed E-state index contributed by atoms with van der Waals surface area (Å²) in [4.78, 5) is 13.0. The van der Waals surface area contributed by atoms with Crippen LogP contribution >= 0.6 is 0 Å². The van der Waals surface area contributed by atoms with Gasteiger partial charge in [0.25, 0.3) is 0 Å². The Labute approximate surface area is 166 Å². The molecule has 0 unspecified atom stereocenters. The zero-order valence-electron chi connectivity index (χ0n) is 16.0. The van der Waals surface area contributed by atoms with Gasteiger partial charge in [0, 0.05) is 5.56 Å². The third kappa shape index (κ3) is 4.67. The van der Waals surface area contributed by atoms with Crippen molar-refractivity contribution in [2.45, 2.75) is 11.8 Å². The number of nitrogens with zero attached hydrogens (tertiary/aromatic N) is 1. The van der Waals surface area contributed by atoms with Gasteiger partial charge in [0.1, 0.15) is 0 Å². The van der Waals surface area contributed by atoms with E-state index in [9.17, 15) is 13.2 Å². The van der Waals surface area contributed by atoms with Gasteiger partial charge in [0.05, 0.1) is 37.6 Å². The summed E-state index contributed by atoms with van der Waals surface area (Å²) in [5, 5.41) is 0. The molecule has 1 aliphatic heterocycles. The number of nitrogens with two attached hydrogens (primary N) is 1. The van der Waals surface area contributed by atoms with E-state index in [4.69, 9.17) is 5.73 Å². The van der Waals surface area contributed by atoms with Crippen LogP contribution in [0.5, 0.6) is 0 Å². The van der Waals surface area contributed by atoms with E-state index >= 15 is 0 Å². The highest BCUT2D eigenvalue weighted by molar-refractivity contribution is 7.89. The SMILES string of the molecule is Cc1ccc(S(=O)(=O)N2CC[NH+](C/C=C/c3ccccc3)CC2)cc1C(N)=O. The van der Waals surface area contributed by atoms with Gasteiger partial charge in [-0.2, -0.15) is 4.31 Å². The van der Waals surface area contributed by atoms with Crippen LogP contribution in [0.15, 0.2) is 59.5 Å². The summed E-state index contributed by atoms with van der Waals surface area (Å²) < 4.78 is 27.4. The van der Waals surface area contributed by atoms with E-state index in [0.717, 1.165) is 25.2 Å². The second kappa shape index (κ2) is 8.68. The summed E-state index contributed by atoms with van der Waals surface area (Å²) >= 11 is 0. The van der Waals surface area contributed by atoms with Crippen LogP contribution in [0.4, 0.5) is 0 Å². The zero-order chi connectivity index (χ0) is 20.1. The van der Waals surface area contributed by atoms with Crippen LogP contribution < -0.4 is 10.6 Å². The molecule has 3 rings (SSSR count). The van der Waals surface area contributed by atoms with Crippen molar-refractivity contribution in [2.24, 2.45) is 5.73 Å². The molecule has 0 bridgehead atoms. The minimum absolute atomic E-state index is 0.124. The Morgan fingerprint density at radius 1 is 1.14 bits per heavy atom. The molecule has 148 valence electrons. The van der Waals surface area contributed by atoms with Crippen LogP contribution in [0.3, 0.4) is 0 Å². The molecule has 0 saturated carbocycles. The maximum atomic E-state index is 12.9. The first-order valence-electron chi connectivity index (χ1n) is 9.33. The van der Waals surface area contributed by atoms with Crippen LogP contribution in [0, 0.1) is 6.92 Å². The minimum Gasteiger partial charge on any atom is -0.366 e. The number of sulfonamides is 1. The van der Waals surface area contributed by atoms with Gasteiger partial charge >= 0.3 is 0 Å². The van der Waals surface area contributed by atoms with Gasteiger partial charge < -0.3 is 10.6 Å². The number of hydrogen-bond donors (Lipinski definition) is 2. The summed E-state index contributed by atoms with van der Waals surface area (Å²) in [5.41, 5.74) is 7.43. The number of amides is 1. The lowest BCUT2D eigenvalue weighted by atomic mass is 10.1. The minimum atomic E-state index is -3.63. The Morgan fingerprint density at radius 2 is 1.82 bits per heavy atom. The predicted molar refractivity (Wildman–Crippen MR) is 109 cm³/mol. The molecule has 1 aliphatic rings. The lowest BCUT2D eigenvalue weighted by molar-refractivity contribution is -0.897. The molecule has 1 fully saturated rings. The highest BCUT2D eigenvalue weighted by Crippen LogP contribution is 2.19. The molecule has 28 heavy (non-hydrogen) atoms. The molecule has 0 spiro atoms. The molecule has 1 amide bonds.